The zero-order valence-corrected chi connectivity index (χ0v) is 10.8. The Kier molecular flexibility index (Phi) is 3.04. The fourth-order valence-corrected chi connectivity index (χ4v) is 2.86. The van der Waals surface area contributed by atoms with Crippen LogP contribution in [0.5, 0.6) is 0 Å². The Morgan fingerprint density at radius 1 is 1.35 bits per heavy atom. The highest BCUT2D eigenvalue weighted by Gasteiger charge is 2.35. The topological polar surface area (TPSA) is 57.6 Å². The number of hydrogen-bond acceptors (Lipinski definition) is 2. The molecular weight excluding hydrogens is 261 g/mol. The van der Waals surface area contributed by atoms with Crippen molar-refractivity contribution in [2.45, 2.75) is 18.9 Å². The molecule has 2 aliphatic rings. The standard InChI is InChI=1S/C15H14FNO3/c16-11-3-6-13-9(7-11)1-4-12-5-2-10(15(19)20)8-17(12)14(13)18/h1,3-4,6-7,10,12H,2,5,8H2,(H,19,20)/t10-,12-/m0/s1. The monoisotopic (exact) mass is 275 g/mol. The molecule has 0 saturated carbocycles. The van der Waals surface area contributed by atoms with Crippen molar-refractivity contribution in [3.63, 3.8) is 0 Å². The Bertz CT molecular complexity index is 611. The second-order valence-corrected chi connectivity index (χ2v) is 5.23. The van der Waals surface area contributed by atoms with Gasteiger partial charge in [0.2, 0.25) is 0 Å². The average molecular weight is 275 g/mol. The summed E-state index contributed by atoms with van der Waals surface area (Å²) in [6.07, 6.45) is 4.79. The van der Waals surface area contributed by atoms with Crippen LogP contribution >= 0.6 is 0 Å². The summed E-state index contributed by atoms with van der Waals surface area (Å²) in [7, 11) is 0. The van der Waals surface area contributed by atoms with Gasteiger partial charge in [0.15, 0.2) is 0 Å². The quantitative estimate of drug-likeness (QED) is 0.854. The average Bonchev–Trinajstić information content (AvgIpc) is 2.56. The predicted molar refractivity (Wildman–Crippen MR) is 70.6 cm³/mol. The van der Waals surface area contributed by atoms with E-state index >= 15 is 0 Å². The SMILES string of the molecule is O=C(O)[C@H]1CC[C@@H]2C=Cc3cc(F)ccc3C(=O)N2C1. The highest BCUT2D eigenvalue weighted by atomic mass is 19.1. The zero-order valence-electron chi connectivity index (χ0n) is 10.8. The van der Waals surface area contributed by atoms with Gasteiger partial charge in [-0.05, 0) is 36.6 Å². The van der Waals surface area contributed by atoms with Gasteiger partial charge in [0.1, 0.15) is 5.82 Å². The first-order valence-electron chi connectivity index (χ1n) is 6.58. The molecular formula is C15H14FNO3. The van der Waals surface area contributed by atoms with E-state index in [1.807, 2.05) is 6.08 Å². The number of benzene rings is 1. The molecule has 0 aliphatic carbocycles. The summed E-state index contributed by atoms with van der Waals surface area (Å²) < 4.78 is 13.3. The lowest BCUT2D eigenvalue weighted by atomic mass is 9.92. The molecule has 1 aromatic rings. The molecule has 104 valence electrons. The molecule has 1 aromatic carbocycles. The fourth-order valence-electron chi connectivity index (χ4n) is 2.86. The molecule has 0 spiro atoms. The minimum Gasteiger partial charge on any atom is -0.481 e. The van der Waals surface area contributed by atoms with Gasteiger partial charge < -0.3 is 10.0 Å². The summed E-state index contributed by atoms with van der Waals surface area (Å²) in [5.74, 6) is -2.00. The van der Waals surface area contributed by atoms with Crippen LogP contribution in [0.3, 0.4) is 0 Å². The third-order valence-corrected chi connectivity index (χ3v) is 3.98. The van der Waals surface area contributed by atoms with Crippen LogP contribution in [0.2, 0.25) is 0 Å². The maximum atomic E-state index is 13.3. The number of carbonyl (C=O) groups is 2. The van der Waals surface area contributed by atoms with Crippen LogP contribution in [0.15, 0.2) is 24.3 Å². The molecule has 0 radical (unpaired) electrons. The predicted octanol–water partition coefficient (Wildman–Crippen LogP) is 2.16. The Labute approximate surface area is 115 Å². The highest BCUT2D eigenvalue weighted by Crippen LogP contribution is 2.29. The van der Waals surface area contributed by atoms with Crippen molar-refractivity contribution < 1.29 is 19.1 Å². The van der Waals surface area contributed by atoms with E-state index in [1.165, 1.54) is 18.2 Å². The van der Waals surface area contributed by atoms with E-state index in [-0.39, 0.29) is 24.3 Å². The lowest BCUT2D eigenvalue weighted by molar-refractivity contribution is -0.143. The number of aliphatic carboxylic acids is 1. The van der Waals surface area contributed by atoms with Gasteiger partial charge in [-0.25, -0.2) is 4.39 Å². The van der Waals surface area contributed by atoms with Gasteiger partial charge in [-0.2, -0.15) is 0 Å². The summed E-state index contributed by atoms with van der Waals surface area (Å²) in [5, 5.41) is 9.11. The Balaban J connectivity index is 1.98. The summed E-state index contributed by atoms with van der Waals surface area (Å²) in [6.45, 7) is 0.208. The summed E-state index contributed by atoms with van der Waals surface area (Å²) in [4.78, 5) is 25.2. The maximum Gasteiger partial charge on any atom is 0.308 e. The molecule has 1 amide bonds. The van der Waals surface area contributed by atoms with Gasteiger partial charge in [0.25, 0.3) is 5.91 Å². The van der Waals surface area contributed by atoms with Gasteiger partial charge in [-0.1, -0.05) is 12.2 Å². The van der Waals surface area contributed by atoms with E-state index in [4.69, 9.17) is 5.11 Å². The van der Waals surface area contributed by atoms with E-state index in [1.54, 1.807) is 11.0 Å². The second-order valence-electron chi connectivity index (χ2n) is 5.23. The fraction of sp³-hybridized carbons (Fsp3) is 0.333. The molecule has 1 N–H and O–H groups in total. The van der Waals surface area contributed by atoms with Crippen LogP contribution in [0.4, 0.5) is 4.39 Å². The van der Waals surface area contributed by atoms with Crippen LogP contribution in [-0.4, -0.2) is 34.5 Å². The maximum absolute atomic E-state index is 13.3. The van der Waals surface area contributed by atoms with Gasteiger partial charge in [-0.15, -0.1) is 0 Å². The molecule has 1 fully saturated rings. The van der Waals surface area contributed by atoms with Crippen LogP contribution in [-0.2, 0) is 4.79 Å². The van der Waals surface area contributed by atoms with Crippen molar-refractivity contribution in [3.8, 4) is 0 Å². The van der Waals surface area contributed by atoms with Gasteiger partial charge in [-0.3, -0.25) is 9.59 Å². The number of halogens is 1. The molecule has 0 unspecified atom stereocenters. The van der Waals surface area contributed by atoms with Crippen molar-refractivity contribution in [1.82, 2.24) is 4.90 Å². The van der Waals surface area contributed by atoms with E-state index in [0.717, 1.165) is 0 Å². The van der Waals surface area contributed by atoms with Gasteiger partial charge in [0.05, 0.1) is 12.0 Å². The molecule has 5 heteroatoms. The molecule has 4 nitrogen and oxygen atoms in total. The van der Waals surface area contributed by atoms with Crippen LogP contribution in [0.25, 0.3) is 6.08 Å². The lowest BCUT2D eigenvalue weighted by Gasteiger charge is -2.36. The molecule has 2 heterocycles. The number of carbonyl (C=O) groups excluding carboxylic acids is 1. The number of hydrogen-bond donors (Lipinski definition) is 1. The van der Waals surface area contributed by atoms with E-state index in [2.05, 4.69) is 0 Å². The van der Waals surface area contributed by atoms with E-state index in [9.17, 15) is 14.0 Å². The second kappa shape index (κ2) is 4.74. The van der Waals surface area contributed by atoms with Crippen molar-refractivity contribution in [1.29, 1.82) is 0 Å². The first kappa shape index (κ1) is 12.8. The first-order chi connectivity index (χ1) is 9.56. The Morgan fingerprint density at radius 2 is 2.15 bits per heavy atom. The Morgan fingerprint density at radius 3 is 2.90 bits per heavy atom. The summed E-state index contributed by atoms with van der Waals surface area (Å²) in [5.41, 5.74) is 0.979. The molecule has 3 rings (SSSR count). The molecule has 1 saturated heterocycles. The molecule has 2 atom stereocenters. The first-order valence-corrected chi connectivity index (χ1v) is 6.58. The summed E-state index contributed by atoms with van der Waals surface area (Å²) >= 11 is 0. The lowest BCUT2D eigenvalue weighted by Crippen LogP contribution is -2.47. The molecule has 2 aliphatic heterocycles. The van der Waals surface area contributed by atoms with Crippen molar-refractivity contribution in [2.75, 3.05) is 6.54 Å². The third-order valence-electron chi connectivity index (χ3n) is 3.98. The normalized spacial score (nSPS) is 24.9. The van der Waals surface area contributed by atoms with Crippen LogP contribution < -0.4 is 0 Å². The van der Waals surface area contributed by atoms with Crippen LogP contribution in [0.1, 0.15) is 28.8 Å². The minimum absolute atomic E-state index is 0.103. The van der Waals surface area contributed by atoms with Crippen molar-refractivity contribution >= 4 is 18.0 Å². The molecule has 0 bridgehead atoms. The summed E-state index contributed by atoms with van der Waals surface area (Å²) in [6, 6.07) is 3.94. The van der Waals surface area contributed by atoms with Gasteiger partial charge >= 0.3 is 5.97 Å². The van der Waals surface area contributed by atoms with Crippen molar-refractivity contribution in [3.05, 3.63) is 41.2 Å². The number of carboxylic acids is 1. The Hall–Kier alpha value is -2.17. The number of rotatable bonds is 1. The van der Waals surface area contributed by atoms with Crippen molar-refractivity contribution in [2.24, 2.45) is 5.92 Å². The van der Waals surface area contributed by atoms with E-state index < -0.39 is 11.9 Å². The number of fused-ring (bicyclic) bond motifs is 2. The number of nitrogens with zero attached hydrogens (tertiary/aromatic N) is 1. The largest absolute Gasteiger partial charge is 0.481 e. The number of piperidine rings is 1. The number of carboxylic acid groups (broad SMARTS) is 1. The zero-order chi connectivity index (χ0) is 14.3. The van der Waals surface area contributed by atoms with E-state index in [0.29, 0.717) is 24.0 Å². The highest BCUT2D eigenvalue weighted by molar-refractivity contribution is 5.99. The molecule has 0 aromatic heterocycles. The third kappa shape index (κ3) is 2.09. The smallest absolute Gasteiger partial charge is 0.308 e. The minimum atomic E-state index is -0.871. The van der Waals surface area contributed by atoms with Crippen LogP contribution in [0, 0.1) is 11.7 Å². The molecule has 20 heavy (non-hydrogen) atoms. The van der Waals surface area contributed by atoms with Gasteiger partial charge in [0, 0.05) is 12.1 Å². The number of amides is 1.